The minimum atomic E-state index is -0.00410. The van der Waals surface area contributed by atoms with Crippen LogP contribution >= 0.6 is 0 Å². The van der Waals surface area contributed by atoms with Crippen molar-refractivity contribution in [2.45, 2.75) is 6.42 Å². The average Bonchev–Trinajstić information content (AvgIpc) is 2.46. The van der Waals surface area contributed by atoms with E-state index < -0.39 is 0 Å². The molecule has 104 valence electrons. The smallest absolute Gasteiger partial charge is 0.167 e. The molecule has 0 aliphatic carbocycles. The second kappa shape index (κ2) is 5.29. The van der Waals surface area contributed by atoms with Gasteiger partial charge in [-0.15, -0.1) is 0 Å². The molecule has 0 aliphatic heterocycles. The van der Waals surface area contributed by atoms with E-state index in [0.29, 0.717) is 5.56 Å². The van der Waals surface area contributed by atoms with Crippen LogP contribution in [0.3, 0.4) is 0 Å². The third-order valence-corrected chi connectivity index (χ3v) is 3.42. The van der Waals surface area contributed by atoms with Gasteiger partial charge in [-0.25, -0.2) is 0 Å². The summed E-state index contributed by atoms with van der Waals surface area (Å²) in [6, 6.07) is 17.2. The average molecular weight is 278 g/mol. The first-order valence-corrected chi connectivity index (χ1v) is 6.66. The minimum absolute atomic E-state index is 0.00410. The highest BCUT2D eigenvalue weighted by Gasteiger charge is 2.08. The third kappa shape index (κ3) is 2.87. The van der Waals surface area contributed by atoms with Gasteiger partial charge in [0.05, 0.1) is 0 Å². The van der Waals surface area contributed by atoms with E-state index in [1.165, 1.54) is 0 Å². The van der Waals surface area contributed by atoms with Gasteiger partial charge < -0.3 is 10.2 Å². The van der Waals surface area contributed by atoms with E-state index in [9.17, 15) is 15.0 Å². The van der Waals surface area contributed by atoms with Crippen LogP contribution in [0.4, 0.5) is 0 Å². The van der Waals surface area contributed by atoms with Gasteiger partial charge in [0, 0.05) is 12.0 Å². The molecule has 3 rings (SSSR count). The van der Waals surface area contributed by atoms with Gasteiger partial charge in [-0.2, -0.15) is 0 Å². The fourth-order valence-corrected chi connectivity index (χ4v) is 2.36. The van der Waals surface area contributed by atoms with Crippen molar-refractivity contribution >= 4 is 16.6 Å². The van der Waals surface area contributed by atoms with Crippen molar-refractivity contribution in [1.82, 2.24) is 0 Å². The lowest BCUT2D eigenvalue weighted by Gasteiger charge is -2.05. The molecule has 3 heteroatoms. The minimum Gasteiger partial charge on any atom is -0.508 e. The van der Waals surface area contributed by atoms with Crippen LogP contribution in [-0.2, 0) is 6.42 Å². The van der Waals surface area contributed by atoms with Crippen LogP contribution in [0.15, 0.2) is 60.7 Å². The first kappa shape index (κ1) is 13.2. The Labute approximate surface area is 122 Å². The topological polar surface area (TPSA) is 57.5 Å². The van der Waals surface area contributed by atoms with Crippen molar-refractivity contribution in [2.75, 3.05) is 0 Å². The van der Waals surface area contributed by atoms with Gasteiger partial charge in [0.15, 0.2) is 5.78 Å². The summed E-state index contributed by atoms with van der Waals surface area (Å²) in [7, 11) is 0. The molecule has 0 atom stereocenters. The molecule has 0 unspecified atom stereocenters. The first-order chi connectivity index (χ1) is 10.1. The van der Waals surface area contributed by atoms with Crippen LogP contribution < -0.4 is 0 Å². The zero-order valence-corrected chi connectivity index (χ0v) is 11.3. The molecule has 0 saturated heterocycles. The number of phenols is 2. The lowest BCUT2D eigenvalue weighted by Crippen LogP contribution is -2.03. The lowest BCUT2D eigenvalue weighted by molar-refractivity contribution is 0.0993. The largest absolute Gasteiger partial charge is 0.508 e. The standard InChI is InChI=1S/C18H14O3/c19-16-3-1-2-12(8-16)9-18(21)15-5-4-14-11-17(20)7-6-13(14)10-15/h1-8,10-11,19-20H,9H2. The maximum atomic E-state index is 12.3. The Morgan fingerprint density at radius 1 is 0.810 bits per heavy atom. The molecular weight excluding hydrogens is 264 g/mol. The van der Waals surface area contributed by atoms with Gasteiger partial charge in [-0.1, -0.05) is 30.3 Å². The van der Waals surface area contributed by atoms with Crippen molar-refractivity contribution in [3.05, 3.63) is 71.8 Å². The fourth-order valence-electron chi connectivity index (χ4n) is 2.36. The summed E-state index contributed by atoms with van der Waals surface area (Å²) < 4.78 is 0. The molecule has 21 heavy (non-hydrogen) atoms. The normalized spacial score (nSPS) is 10.7. The van der Waals surface area contributed by atoms with Gasteiger partial charge in [0.25, 0.3) is 0 Å². The molecule has 3 aromatic carbocycles. The Balaban J connectivity index is 1.89. The highest BCUT2D eigenvalue weighted by molar-refractivity contribution is 6.01. The van der Waals surface area contributed by atoms with Crippen molar-refractivity contribution < 1.29 is 15.0 Å². The van der Waals surface area contributed by atoms with Gasteiger partial charge in [0.1, 0.15) is 11.5 Å². The van der Waals surface area contributed by atoms with E-state index in [0.717, 1.165) is 16.3 Å². The lowest BCUT2D eigenvalue weighted by atomic mass is 10.00. The van der Waals surface area contributed by atoms with Gasteiger partial charge >= 0.3 is 0 Å². The number of rotatable bonds is 3. The van der Waals surface area contributed by atoms with E-state index in [1.54, 1.807) is 42.5 Å². The molecule has 0 radical (unpaired) electrons. The van der Waals surface area contributed by atoms with E-state index in [4.69, 9.17) is 0 Å². The van der Waals surface area contributed by atoms with Crippen molar-refractivity contribution in [1.29, 1.82) is 0 Å². The van der Waals surface area contributed by atoms with Crippen LogP contribution in [0.25, 0.3) is 10.8 Å². The number of carbonyl (C=O) groups excluding carboxylic acids is 1. The Bertz CT molecular complexity index is 822. The number of ketones is 1. The molecule has 3 aromatic rings. The first-order valence-electron chi connectivity index (χ1n) is 6.66. The number of carbonyl (C=O) groups is 1. The summed E-state index contributed by atoms with van der Waals surface area (Å²) in [5.74, 6) is 0.367. The zero-order chi connectivity index (χ0) is 14.8. The number of benzene rings is 3. The molecule has 0 bridgehead atoms. The Kier molecular flexibility index (Phi) is 3.32. The molecule has 0 amide bonds. The Morgan fingerprint density at radius 2 is 1.52 bits per heavy atom. The molecule has 0 fully saturated rings. The van der Waals surface area contributed by atoms with Crippen molar-refractivity contribution in [2.24, 2.45) is 0 Å². The summed E-state index contributed by atoms with van der Waals surface area (Å²) >= 11 is 0. The van der Waals surface area contributed by atoms with Crippen molar-refractivity contribution in [3.8, 4) is 11.5 Å². The quantitative estimate of drug-likeness (QED) is 0.719. The van der Waals surface area contributed by atoms with Crippen LogP contribution in [0, 0.1) is 0 Å². The summed E-state index contributed by atoms with van der Waals surface area (Å²) in [6.07, 6.45) is 0.248. The van der Waals surface area contributed by atoms with Gasteiger partial charge in [0.2, 0.25) is 0 Å². The SMILES string of the molecule is O=C(Cc1cccc(O)c1)c1ccc2cc(O)ccc2c1. The number of Topliss-reactive ketones (excluding diaryl/α,β-unsaturated/α-hetero) is 1. The van der Waals surface area contributed by atoms with Crippen LogP contribution in [-0.4, -0.2) is 16.0 Å². The molecule has 2 N–H and O–H groups in total. The monoisotopic (exact) mass is 278 g/mol. The second-order valence-corrected chi connectivity index (χ2v) is 5.02. The number of fused-ring (bicyclic) bond motifs is 1. The Morgan fingerprint density at radius 3 is 2.33 bits per heavy atom. The molecule has 3 nitrogen and oxygen atoms in total. The number of hydrogen-bond acceptors (Lipinski definition) is 3. The molecule has 0 heterocycles. The zero-order valence-electron chi connectivity index (χ0n) is 11.3. The molecule has 0 saturated carbocycles. The predicted molar refractivity (Wildman–Crippen MR) is 81.8 cm³/mol. The van der Waals surface area contributed by atoms with Crippen LogP contribution in [0.5, 0.6) is 11.5 Å². The number of phenolic OH excluding ortho intramolecular Hbond substituents is 2. The molecule has 0 aliphatic rings. The maximum Gasteiger partial charge on any atom is 0.167 e. The Hall–Kier alpha value is -2.81. The summed E-state index contributed by atoms with van der Waals surface area (Å²) in [5, 5.41) is 20.7. The van der Waals surface area contributed by atoms with Crippen LogP contribution in [0.2, 0.25) is 0 Å². The number of hydrogen-bond donors (Lipinski definition) is 2. The summed E-state index contributed by atoms with van der Waals surface area (Å²) in [6.45, 7) is 0. The van der Waals surface area contributed by atoms with E-state index in [2.05, 4.69) is 0 Å². The van der Waals surface area contributed by atoms with E-state index in [1.807, 2.05) is 18.2 Å². The van der Waals surface area contributed by atoms with E-state index in [-0.39, 0.29) is 23.7 Å². The van der Waals surface area contributed by atoms with Gasteiger partial charge in [-0.05, 0) is 46.7 Å². The maximum absolute atomic E-state index is 12.3. The highest BCUT2D eigenvalue weighted by atomic mass is 16.3. The van der Waals surface area contributed by atoms with Crippen LogP contribution in [0.1, 0.15) is 15.9 Å². The molecular formula is C18H14O3. The molecule has 0 aromatic heterocycles. The highest BCUT2D eigenvalue weighted by Crippen LogP contribution is 2.22. The van der Waals surface area contributed by atoms with Crippen molar-refractivity contribution in [3.63, 3.8) is 0 Å². The molecule has 0 spiro atoms. The van der Waals surface area contributed by atoms with Gasteiger partial charge in [-0.3, -0.25) is 4.79 Å². The predicted octanol–water partition coefficient (Wildman–Crippen LogP) is 3.68. The fraction of sp³-hybridized carbons (Fsp3) is 0.0556. The third-order valence-electron chi connectivity index (χ3n) is 3.42. The summed E-state index contributed by atoms with van der Waals surface area (Å²) in [5.41, 5.74) is 1.40. The number of aromatic hydroxyl groups is 2. The van der Waals surface area contributed by atoms with E-state index >= 15 is 0 Å². The second-order valence-electron chi connectivity index (χ2n) is 5.02. The summed E-state index contributed by atoms with van der Waals surface area (Å²) in [4.78, 5) is 12.3.